The second kappa shape index (κ2) is 3.28. The molecule has 0 spiro atoms. The largest absolute Gasteiger partial charge is 0.0985 e. The molecule has 0 unspecified atom stereocenters. The number of benzene rings is 1. The minimum atomic E-state index is 1.21. The molecule has 1 aromatic carbocycles. The van der Waals surface area contributed by atoms with Crippen LogP contribution < -0.4 is 5.19 Å². The van der Waals surface area contributed by atoms with E-state index in [0.717, 1.165) is 0 Å². The molecule has 0 N–H and O–H groups in total. The maximum Gasteiger partial charge on any atom is 0.0719 e. The Labute approximate surface area is 77.7 Å². The molecular formula is C11H13Si. The van der Waals surface area contributed by atoms with Gasteiger partial charge >= 0.3 is 0 Å². The molecule has 0 aromatic heterocycles. The topological polar surface area (TPSA) is 0 Å². The Morgan fingerprint density at radius 2 is 1.83 bits per heavy atom. The summed E-state index contributed by atoms with van der Waals surface area (Å²) in [7, 11) is 3.61. The number of rotatable bonds is 1. The summed E-state index contributed by atoms with van der Waals surface area (Å²) < 4.78 is 0. The molecule has 0 bridgehead atoms. The first kappa shape index (κ1) is 9.27. The fourth-order valence-electron chi connectivity index (χ4n) is 1.33. The Balaban J connectivity index is 3.49. The van der Waals surface area contributed by atoms with Crippen LogP contribution in [-0.4, -0.2) is 10.2 Å². The maximum absolute atomic E-state index is 3.79. The fraction of sp³-hybridized carbons (Fsp3) is 0.273. The summed E-state index contributed by atoms with van der Waals surface area (Å²) in [5.41, 5.74) is 5.11. The first-order valence-electron chi connectivity index (χ1n) is 4.02. The van der Waals surface area contributed by atoms with Crippen LogP contribution in [0.4, 0.5) is 0 Å². The molecule has 0 saturated heterocycles. The van der Waals surface area contributed by atoms with Crippen LogP contribution in [0.15, 0.2) is 12.6 Å². The molecule has 0 aliphatic heterocycles. The van der Waals surface area contributed by atoms with Gasteiger partial charge in [0.1, 0.15) is 0 Å². The van der Waals surface area contributed by atoms with Crippen molar-refractivity contribution >= 4 is 21.5 Å². The van der Waals surface area contributed by atoms with E-state index in [4.69, 9.17) is 0 Å². The van der Waals surface area contributed by atoms with E-state index in [-0.39, 0.29) is 0 Å². The standard InChI is InChI=1S/C11H13Si/c1-5-10-6-7(2)11(12)9(4)8(10)3/h5-6H,1H2,2-4H3. The van der Waals surface area contributed by atoms with Crippen molar-refractivity contribution in [2.45, 2.75) is 20.8 Å². The summed E-state index contributed by atoms with van der Waals surface area (Å²) in [6, 6.07) is 2.15. The van der Waals surface area contributed by atoms with Gasteiger partial charge in [-0.1, -0.05) is 29.5 Å². The van der Waals surface area contributed by atoms with Gasteiger partial charge in [0, 0.05) is 0 Å². The summed E-state index contributed by atoms with van der Waals surface area (Å²) in [6.45, 7) is 10.1. The quantitative estimate of drug-likeness (QED) is 0.570. The highest BCUT2D eigenvalue weighted by molar-refractivity contribution is 6.34. The van der Waals surface area contributed by atoms with Crippen LogP contribution in [-0.2, 0) is 0 Å². The molecule has 0 atom stereocenters. The molecule has 0 aliphatic carbocycles. The third-order valence-corrected chi connectivity index (χ3v) is 3.13. The lowest BCUT2D eigenvalue weighted by Gasteiger charge is -2.11. The summed E-state index contributed by atoms with van der Waals surface area (Å²) in [6.07, 6.45) is 1.90. The normalized spacial score (nSPS) is 10.0. The second-order valence-corrected chi connectivity index (χ2v) is 3.61. The van der Waals surface area contributed by atoms with E-state index in [1.165, 1.54) is 27.4 Å². The van der Waals surface area contributed by atoms with Crippen LogP contribution in [0.3, 0.4) is 0 Å². The summed E-state index contributed by atoms with van der Waals surface area (Å²) in [5.74, 6) is 0. The van der Waals surface area contributed by atoms with Crippen LogP contribution in [0, 0.1) is 20.8 Å². The average Bonchev–Trinajstić information content (AvgIpc) is 2.08. The first-order valence-corrected chi connectivity index (χ1v) is 4.52. The Hall–Kier alpha value is -0.823. The second-order valence-electron chi connectivity index (χ2n) is 3.11. The number of aryl methyl sites for hydroxylation is 1. The van der Waals surface area contributed by atoms with E-state index in [9.17, 15) is 0 Å². The maximum atomic E-state index is 3.79. The Morgan fingerprint density at radius 1 is 1.25 bits per heavy atom. The molecule has 61 valence electrons. The van der Waals surface area contributed by atoms with E-state index >= 15 is 0 Å². The van der Waals surface area contributed by atoms with Gasteiger partial charge in [0.25, 0.3) is 0 Å². The van der Waals surface area contributed by atoms with Gasteiger partial charge in [-0.05, 0) is 37.5 Å². The number of hydrogen-bond donors (Lipinski definition) is 0. The van der Waals surface area contributed by atoms with E-state index in [1.807, 2.05) is 6.08 Å². The lowest BCUT2D eigenvalue weighted by atomic mass is 10.00. The third-order valence-electron chi connectivity index (χ3n) is 2.36. The Bertz CT molecular complexity index is 324. The third kappa shape index (κ3) is 1.37. The highest BCUT2D eigenvalue weighted by Gasteiger charge is 2.03. The minimum Gasteiger partial charge on any atom is -0.0985 e. The molecule has 0 amide bonds. The van der Waals surface area contributed by atoms with Gasteiger partial charge in [-0.15, -0.1) is 0 Å². The van der Waals surface area contributed by atoms with Crippen LogP contribution in [0.2, 0.25) is 0 Å². The minimum absolute atomic E-state index is 1.21. The van der Waals surface area contributed by atoms with Gasteiger partial charge in [-0.3, -0.25) is 0 Å². The highest BCUT2D eigenvalue weighted by Crippen LogP contribution is 2.14. The van der Waals surface area contributed by atoms with Gasteiger partial charge < -0.3 is 0 Å². The highest BCUT2D eigenvalue weighted by atomic mass is 28.1. The molecular weight excluding hydrogens is 160 g/mol. The monoisotopic (exact) mass is 173 g/mol. The van der Waals surface area contributed by atoms with Crippen LogP contribution in [0.1, 0.15) is 22.3 Å². The van der Waals surface area contributed by atoms with E-state index in [0.29, 0.717) is 0 Å². The molecule has 0 heterocycles. The average molecular weight is 173 g/mol. The lowest BCUT2D eigenvalue weighted by Crippen LogP contribution is -2.13. The van der Waals surface area contributed by atoms with Crippen molar-refractivity contribution in [2.75, 3.05) is 0 Å². The van der Waals surface area contributed by atoms with Gasteiger partial charge in [0.2, 0.25) is 0 Å². The molecule has 3 radical (unpaired) electrons. The van der Waals surface area contributed by atoms with Crippen molar-refractivity contribution in [1.82, 2.24) is 0 Å². The zero-order chi connectivity index (χ0) is 9.30. The van der Waals surface area contributed by atoms with Crippen molar-refractivity contribution in [2.24, 2.45) is 0 Å². The van der Waals surface area contributed by atoms with Crippen LogP contribution in [0.5, 0.6) is 0 Å². The summed E-state index contributed by atoms with van der Waals surface area (Å²) in [4.78, 5) is 0. The van der Waals surface area contributed by atoms with Crippen molar-refractivity contribution in [3.63, 3.8) is 0 Å². The Morgan fingerprint density at radius 3 is 2.33 bits per heavy atom. The fourth-order valence-corrected chi connectivity index (χ4v) is 1.59. The van der Waals surface area contributed by atoms with Crippen molar-refractivity contribution in [3.8, 4) is 0 Å². The van der Waals surface area contributed by atoms with E-state index in [1.54, 1.807) is 0 Å². The van der Waals surface area contributed by atoms with E-state index < -0.39 is 0 Å². The smallest absolute Gasteiger partial charge is 0.0719 e. The van der Waals surface area contributed by atoms with Crippen molar-refractivity contribution in [3.05, 3.63) is 34.9 Å². The molecule has 1 aromatic rings. The van der Waals surface area contributed by atoms with Crippen molar-refractivity contribution in [1.29, 1.82) is 0 Å². The van der Waals surface area contributed by atoms with Crippen molar-refractivity contribution < 1.29 is 0 Å². The molecule has 0 aliphatic rings. The predicted octanol–water partition coefficient (Wildman–Crippen LogP) is 2.05. The zero-order valence-corrected chi connectivity index (χ0v) is 8.86. The summed E-state index contributed by atoms with van der Waals surface area (Å²) >= 11 is 0. The predicted molar refractivity (Wildman–Crippen MR) is 56.1 cm³/mol. The molecule has 1 heteroatoms. The Kier molecular flexibility index (Phi) is 2.53. The SMILES string of the molecule is C=Cc1cc(C)c([Si])c(C)c1C. The summed E-state index contributed by atoms with van der Waals surface area (Å²) in [5, 5.41) is 1.21. The van der Waals surface area contributed by atoms with Gasteiger partial charge in [0.05, 0.1) is 10.2 Å². The van der Waals surface area contributed by atoms with Gasteiger partial charge in [-0.2, -0.15) is 0 Å². The van der Waals surface area contributed by atoms with E-state index in [2.05, 4.69) is 43.7 Å². The molecule has 0 saturated carbocycles. The molecule has 12 heavy (non-hydrogen) atoms. The molecule has 1 rings (SSSR count). The lowest BCUT2D eigenvalue weighted by molar-refractivity contribution is 1.32. The molecule has 0 nitrogen and oxygen atoms in total. The van der Waals surface area contributed by atoms with Crippen LogP contribution >= 0.6 is 0 Å². The van der Waals surface area contributed by atoms with Gasteiger partial charge in [-0.25, -0.2) is 0 Å². The zero-order valence-electron chi connectivity index (χ0n) is 7.86. The molecule has 0 fully saturated rings. The van der Waals surface area contributed by atoms with Crippen LogP contribution in [0.25, 0.3) is 6.08 Å². The number of hydrogen-bond acceptors (Lipinski definition) is 0. The first-order chi connectivity index (χ1) is 5.57. The van der Waals surface area contributed by atoms with Gasteiger partial charge in [0.15, 0.2) is 0 Å².